The Balaban J connectivity index is 1.41. The Kier molecular flexibility index (Phi) is 7.19. The van der Waals surface area contributed by atoms with Gasteiger partial charge in [0.15, 0.2) is 0 Å². The number of pyridine rings is 1. The number of carbonyl (C=O) groups excluding carboxylic acids is 1. The molecule has 3 N–H and O–H groups in total. The lowest BCUT2D eigenvalue weighted by atomic mass is 10.1. The number of furan rings is 1. The maximum atomic E-state index is 12.3. The quantitative estimate of drug-likeness (QED) is 0.274. The number of ether oxygens (including phenoxy) is 1. The fourth-order valence-electron chi connectivity index (χ4n) is 4.32. The largest absolute Gasteiger partial charge is 0.495 e. The summed E-state index contributed by atoms with van der Waals surface area (Å²) < 4.78 is 11.3. The summed E-state index contributed by atoms with van der Waals surface area (Å²) in [6.45, 7) is 1.18. The van der Waals surface area contributed by atoms with Gasteiger partial charge in [-0.2, -0.15) is 5.26 Å². The van der Waals surface area contributed by atoms with Crippen molar-refractivity contribution in [3.8, 4) is 23.1 Å². The van der Waals surface area contributed by atoms with Gasteiger partial charge < -0.3 is 25.1 Å². The minimum Gasteiger partial charge on any atom is -0.495 e. The van der Waals surface area contributed by atoms with Gasteiger partial charge in [-0.15, -0.1) is 0 Å². The van der Waals surface area contributed by atoms with Crippen molar-refractivity contribution in [2.45, 2.75) is 25.4 Å². The van der Waals surface area contributed by atoms with E-state index in [4.69, 9.17) is 32.4 Å². The molecule has 0 radical (unpaired) electrons. The van der Waals surface area contributed by atoms with Crippen LogP contribution in [-0.4, -0.2) is 30.6 Å². The molecule has 0 aliphatic carbocycles. The minimum absolute atomic E-state index is 0.0166. The van der Waals surface area contributed by atoms with Crippen LogP contribution in [0, 0.1) is 11.3 Å². The maximum absolute atomic E-state index is 12.3. The molecular formula is C27H23Cl2N5O3. The molecule has 10 heteroatoms. The molecule has 0 unspecified atom stereocenters. The number of anilines is 2. The number of hydrogen-bond donors (Lipinski definition) is 3. The Bertz CT molecular complexity index is 1520. The lowest BCUT2D eigenvalue weighted by Gasteiger charge is -2.15. The molecule has 5 rings (SSSR count). The molecule has 37 heavy (non-hydrogen) atoms. The van der Waals surface area contributed by atoms with Gasteiger partial charge in [0.1, 0.15) is 23.3 Å². The minimum atomic E-state index is -0.133. The number of amides is 1. The van der Waals surface area contributed by atoms with Gasteiger partial charge in [-0.25, -0.2) is 0 Å². The Morgan fingerprint density at radius 3 is 2.86 bits per heavy atom. The lowest BCUT2D eigenvalue weighted by Crippen LogP contribution is -2.39. The van der Waals surface area contributed by atoms with Crippen molar-refractivity contribution >= 4 is 51.4 Å². The number of methoxy groups -OCH3 is 1. The summed E-state index contributed by atoms with van der Waals surface area (Å²) in [5, 5.41) is 20.6. The molecule has 1 saturated heterocycles. The molecule has 8 nitrogen and oxygen atoms in total. The van der Waals surface area contributed by atoms with E-state index in [1.54, 1.807) is 12.1 Å². The van der Waals surface area contributed by atoms with E-state index in [1.165, 1.54) is 13.3 Å². The standard InChI is InChI=1S/C27H23Cl2N5O3/c1-36-25-11-23(19(28)10-20(25)29)34-26-16(12-30)13-32-22-9-15(4-6-18(22)26)24-7-5-17(37-24)14-33-27(35)21-3-2-8-31-21/h4-7,9-11,13,21,31H,2-3,8,14H2,1H3,(H,32,34)(H,33,35)/t21-/m1/s1. The molecule has 188 valence electrons. The molecule has 1 aliphatic heterocycles. The number of rotatable bonds is 7. The predicted molar refractivity (Wildman–Crippen MR) is 143 cm³/mol. The van der Waals surface area contributed by atoms with Gasteiger partial charge in [0.2, 0.25) is 5.91 Å². The third kappa shape index (κ3) is 5.20. The second kappa shape index (κ2) is 10.7. The maximum Gasteiger partial charge on any atom is 0.237 e. The summed E-state index contributed by atoms with van der Waals surface area (Å²) in [6.07, 6.45) is 3.37. The van der Waals surface area contributed by atoms with Crippen molar-refractivity contribution < 1.29 is 13.9 Å². The fourth-order valence-corrected chi connectivity index (χ4v) is 4.82. The Labute approximate surface area is 223 Å². The van der Waals surface area contributed by atoms with Crippen LogP contribution in [0.5, 0.6) is 5.75 Å². The first kappa shape index (κ1) is 24.9. The van der Waals surface area contributed by atoms with E-state index < -0.39 is 0 Å². The van der Waals surface area contributed by atoms with Crippen molar-refractivity contribution in [2.75, 3.05) is 19.0 Å². The van der Waals surface area contributed by atoms with Crippen molar-refractivity contribution in [3.63, 3.8) is 0 Å². The van der Waals surface area contributed by atoms with Gasteiger partial charge in [-0.1, -0.05) is 29.3 Å². The van der Waals surface area contributed by atoms with E-state index >= 15 is 0 Å². The summed E-state index contributed by atoms with van der Waals surface area (Å²) >= 11 is 12.6. The number of fused-ring (bicyclic) bond motifs is 1. The zero-order valence-corrected chi connectivity index (χ0v) is 21.4. The Morgan fingerprint density at radius 2 is 2.11 bits per heavy atom. The molecule has 1 fully saturated rings. The number of aromatic nitrogens is 1. The van der Waals surface area contributed by atoms with Crippen LogP contribution in [0.2, 0.25) is 10.0 Å². The number of nitrogens with one attached hydrogen (secondary N) is 3. The number of nitrogens with zero attached hydrogens (tertiary/aromatic N) is 2. The van der Waals surface area contributed by atoms with Crippen LogP contribution in [0.1, 0.15) is 24.2 Å². The third-order valence-electron chi connectivity index (χ3n) is 6.25. The zero-order chi connectivity index (χ0) is 25.9. The molecule has 0 spiro atoms. The van der Waals surface area contributed by atoms with Crippen LogP contribution < -0.4 is 20.7 Å². The first-order chi connectivity index (χ1) is 18.0. The topological polar surface area (TPSA) is 112 Å². The van der Waals surface area contributed by atoms with Gasteiger partial charge >= 0.3 is 0 Å². The summed E-state index contributed by atoms with van der Waals surface area (Å²) in [4.78, 5) is 16.7. The molecule has 1 atom stereocenters. The number of halogens is 2. The zero-order valence-electron chi connectivity index (χ0n) is 19.9. The summed E-state index contributed by atoms with van der Waals surface area (Å²) in [5.41, 5.74) is 2.94. The van der Waals surface area contributed by atoms with Gasteiger partial charge in [-0.05, 0) is 49.7 Å². The molecule has 4 aromatic rings. The summed E-state index contributed by atoms with van der Waals surface area (Å²) in [6, 6.07) is 14.7. The van der Waals surface area contributed by atoms with Crippen LogP contribution >= 0.6 is 23.2 Å². The highest BCUT2D eigenvalue weighted by molar-refractivity contribution is 6.37. The number of nitriles is 1. The fraction of sp³-hybridized carbons (Fsp3) is 0.222. The molecule has 1 amide bonds. The highest BCUT2D eigenvalue weighted by Gasteiger charge is 2.22. The van der Waals surface area contributed by atoms with Crippen molar-refractivity contribution in [1.82, 2.24) is 15.6 Å². The molecular weight excluding hydrogens is 513 g/mol. The Hall–Kier alpha value is -3.77. The van der Waals surface area contributed by atoms with Crippen molar-refractivity contribution in [2.24, 2.45) is 0 Å². The average molecular weight is 536 g/mol. The van der Waals surface area contributed by atoms with Crippen LogP contribution in [0.15, 0.2) is 53.1 Å². The number of carbonyl (C=O) groups is 1. The predicted octanol–water partition coefficient (Wildman–Crippen LogP) is 5.79. The van der Waals surface area contributed by atoms with Gasteiger partial charge in [0, 0.05) is 23.2 Å². The van der Waals surface area contributed by atoms with Crippen LogP contribution in [0.3, 0.4) is 0 Å². The van der Waals surface area contributed by atoms with E-state index in [9.17, 15) is 10.1 Å². The monoisotopic (exact) mass is 535 g/mol. The SMILES string of the molecule is COc1cc(Nc2c(C#N)cnc3cc(-c4ccc(CNC(=O)[C@H]5CCCN5)o4)ccc23)c(Cl)cc1Cl. The van der Waals surface area contributed by atoms with Crippen molar-refractivity contribution in [1.29, 1.82) is 5.26 Å². The molecule has 0 saturated carbocycles. The van der Waals surface area contributed by atoms with E-state index in [1.807, 2.05) is 30.3 Å². The summed E-state index contributed by atoms with van der Waals surface area (Å²) in [5.74, 6) is 1.74. The van der Waals surface area contributed by atoms with Gasteiger partial charge in [0.05, 0.1) is 52.2 Å². The Morgan fingerprint density at radius 1 is 1.24 bits per heavy atom. The first-order valence-corrected chi connectivity index (χ1v) is 12.5. The average Bonchev–Trinajstić information content (AvgIpc) is 3.61. The third-order valence-corrected chi connectivity index (χ3v) is 6.86. The smallest absolute Gasteiger partial charge is 0.237 e. The molecule has 2 aromatic carbocycles. The normalized spacial score (nSPS) is 14.9. The first-order valence-electron chi connectivity index (χ1n) is 11.7. The van der Waals surface area contributed by atoms with E-state index in [0.717, 1.165) is 30.3 Å². The second-order valence-electron chi connectivity index (χ2n) is 8.61. The second-order valence-corrected chi connectivity index (χ2v) is 9.43. The van der Waals surface area contributed by atoms with Gasteiger partial charge in [0.25, 0.3) is 0 Å². The summed E-state index contributed by atoms with van der Waals surface area (Å²) in [7, 11) is 1.52. The van der Waals surface area contributed by atoms with Crippen LogP contribution in [0.4, 0.5) is 11.4 Å². The van der Waals surface area contributed by atoms with E-state index in [2.05, 4.69) is 27.0 Å². The van der Waals surface area contributed by atoms with E-state index in [0.29, 0.717) is 56.3 Å². The van der Waals surface area contributed by atoms with Crippen LogP contribution in [-0.2, 0) is 11.3 Å². The molecule has 0 bridgehead atoms. The molecule has 2 aromatic heterocycles. The molecule has 3 heterocycles. The highest BCUT2D eigenvalue weighted by Crippen LogP contribution is 2.38. The van der Waals surface area contributed by atoms with Crippen molar-refractivity contribution in [3.05, 3.63) is 70.0 Å². The highest BCUT2D eigenvalue weighted by atomic mass is 35.5. The lowest BCUT2D eigenvalue weighted by molar-refractivity contribution is -0.123. The van der Waals surface area contributed by atoms with Gasteiger partial charge in [-0.3, -0.25) is 9.78 Å². The van der Waals surface area contributed by atoms with E-state index in [-0.39, 0.29) is 11.9 Å². The number of hydrogen-bond acceptors (Lipinski definition) is 7. The number of benzene rings is 2. The van der Waals surface area contributed by atoms with Crippen LogP contribution in [0.25, 0.3) is 22.2 Å². The molecule has 1 aliphatic rings.